The average Bonchev–Trinajstić information content (AvgIpc) is 3.17. The van der Waals surface area contributed by atoms with E-state index in [0.717, 1.165) is 24.9 Å². The standard InChI is InChI=1S/C33H72O7Si5/c1-12-13-14-15-16-17-18-19-20-21-22-23-24-25-28-44(10,38-42(5,6)7)40-45(11,39-43(8,9)37-41(2,3)4)29-26-27-31-30-32(34)36-33(31)35/h31H,12-30H2,1-11H3. The second-order valence-corrected chi connectivity index (χ2v) is 36.3. The number of rotatable bonds is 27. The molecule has 0 amide bonds. The zero-order chi connectivity index (χ0) is 34.2. The lowest BCUT2D eigenvalue weighted by atomic mass is 10.0. The van der Waals surface area contributed by atoms with E-state index in [9.17, 15) is 9.59 Å². The van der Waals surface area contributed by atoms with Crippen molar-refractivity contribution in [1.29, 1.82) is 0 Å². The third-order valence-electron chi connectivity index (χ3n) is 8.10. The molecular weight excluding hydrogens is 649 g/mol. The Hall–Kier alpha value is 0.0644. The molecule has 1 rings (SSSR count). The molecule has 0 aromatic heterocycles. The molecule has 0 saturated carbocycles. The zero-order valence-corrected chi connectivity index (χ0v) is 36.4. The molecule has 1 aliphatic heterocycles. The molecule has 0 radical (unpaired) electrons. The van der Waals surface area contributed by atoms with E-state index in [4.69, 9.17) is 21.2 Å². The van der Waals surface area contributed by atoms with Crippen LogP contribution >= 0.6 is 0 Å². The highest BCUT2D eigenvalue weighted by atomic mass is 28.5. The first kappa shape index (κ1) is 43.1. The van der Waals surface area contributed by atoms with Crippen molar-refractivity contribution in [3.05, 3.63) is 0 Å². The van der Waals surface area contributed by atoms with Crippen molar-refractivity contribution >= 4 is 54.3 Å². The molecule has 3 unspecified atom stereocenters. The lowest BCUT2D eigenvalue weighted by molar-refractivity contribution is -0.153. The highest BCUT2D eigenvalue weighted by Crippen LogP contribution is 2.34. The molecule has 1 fully saturated rings. The summed E-state index contributed by atoms with van der Waals surface area (Å²) < 4.78 is 32.6. The molecule has 12 heteroatoms. The van der Waals surface area contributed by atoms with Crippen molar-refractivity contribution < 1.29 is 30.8 Å². The fourth-order valence-electron chi connectivity index (χ4n) is 6.68. The number of hydrogen-bond donors (Lipinski definition) is 0. The average molecular weight is 721 g/mol. The predicted octanol–water partition coefficient (Wildman–Crippen LogP) is 10.9. The maximum Gasteiger partial charge on any atom is 0.317 e. The van der Waals surface area contributed by atoms with E-state index in [0.29, 0.717) is 6.42 Å². The molecule has 1 aliphatic rings. The van der Waals surface area contributed by atoms with Crippen LogP contribution in [0, 0.1) is 5.92 Å². The quantitative estimate of drug-likeness (QED) is 0.0362. The summed E-state index contributed by atoms with van der Waals surface area (Å²) >= 11 is 0. The Morgan fingerprint density at radius 1 is 0.556 bits per heavy atom. The van der Waals surface area contributed by atoms with Gasteiger partial charge >= 0.3 is 37.6 Å². The second-order valence-electron chi connectivity index (χ2n) is 16.2. The van der Waals surface area contributed by atoms with Gasteiger partial charge in [-0.2, -0.15) is 0 Å². The van der Waals surface area contributed by atoms with E-state index >= 15 is 0 Å². The monoisotopic (exact) mass is 720 g/mol. The predicted molar refractivity (Wildman–Crippen MR) is 200 cm³/mol. The Kier molecular flexibility index (Phi) is 19.7. The minimum atomic E-state index is -2.76. The van der Waals surface area contributed by atoms with Crippen LogP contribution < -0.4 is 0 Å². The minimum Gasteiger partial charge on any atom is -0.437 e. The molecule has 0 spiro atoms. The van der Waals surface area contributed by atoms with Crippen LogP contribution in [0.25, 0.3) is 0 Å². The van der Waals surface area contributed by atoms with Crippen molar-refractivity contribution in [3.8, 4) is 0 Å². The first-order valence-corrected chi connectivity index (χ1v) is 33.0. The number of esters is 2. The van der Waals surface area contributed by atoms with Gasteiger partial charge in [0.15, 0.2) is 16.6 Å². The van der Waals surface area contributed by atoms with E-state index in [1.165, 1.54) is 83.5 Å². The van der Waals surface area contributed by atoms with Crippen LogP contribution in [-0.4, -0.2) is 54.3 Å². The molecule has 266 valence electrons. The van der Waals surface area contributed by atoms with Crippen LogP contribution in [0.2, 0.25) is 77.6 Å². The summed E-state index contributed by atoms with van der Waals surface area (Å²) in [6, 6.07) is 1.72. The van der Waals surface area contributed by atoms with Gasteiger partial charge in [0.25, 0.3) is 0 Å². The number of unbranched alkanes of at least 4 members (excludes halogenated alkanes) is 13. The van der Waals surface area contributed by atoms with Gasteiger partial charge in [0.2, 0.25) is 0 Å². The molecule has 1 saturated heterocycles. The Balaban J connectivity index is 2.74. The van der Waals surface area contributed by atoms with Gasteiger partial charge in [0, 0.05) is 0 Å². The molecular formula is C33H72O7Si5. The van der Waals surface area contributed by atoms with E-state index in [1.807, 2.05) is 0 Å². The Morgan fingerprint density at radius 2 is 0.978 bits per heavy atom. The second kappa shape index (κ2) is 20.5. The first-order chi connectivity index (χ1) is 20.8. The molecule has 1 heterocycles. The van der Waals surface area contributed by atoms with Crippen molar-refractivity contribution in [2.45, 2.75) is 194 Å². The van der Waals surface area contributed by atoms with Gasteiger partial charge in [-0.05, 0) is 84.0 Å². The van der Waals surface area contributed by atoms with Crippen LogP contribution in [-0.2, 0) is 30.8 Å². The Labute approximate surface area is 283 Å². The molecule has 7 nitrogen and oxygen atoms in total. The summed E-state index contributed by atoms with van der Waals surface area (Å²) in [5.41, 5.74) is 0. The summed E-state index contributed by atoms with van der Waals surface area (Å²) in [5, 5.41) is 0. The highest BCUT2D eigenvalue weighted by Gasteiger charge is 2.49. The zero-order valence-electron chi connectivity index (χ0n) is 31.4. The van der Waals surface area contributed by atoms with Gasteiger partial charge in [0.05, 0.1) is 12.3 Å². The van der Waals surface area contributed by atoms with Crippen molar-refractivity contribution in [1.82, 2.24) is 0 Å². The van der Waals surface area contributed by atoms with Gasteiger partial charge < -0.3 is 21.2 Å². The lowest BCUT2D eigenvalue weighted by Gasteiger charge is -2.44. The maximum absolute atomic E-state index is 12.1. The lowest BCUT2D eigenvalue weighted by Crippen LogP contribution is -2.60. The van der Waals surface area contributed by atoms with Gasteiger partial charge in [-0.25, -0.2) is 0 Å². The van der Waals surface area contributed by atoms with Crippen molar-refractivity contribution in [3.63, 3.8) is 0 Å². The summed E-state index contributed by atoms with van der Waals surface area (Å²) in [5.74, 6) is -1.15. The summed E-state index contributed by atoms with van der Waals surface area (Å²) in [7, 11) is -11.5. The number of carbonyl (C=O) groups excluding carboxylic acids is 2. The first-order valence-electron chi connectivity index (χ1n) is 18.3. The summed E-state index contributed by atoms with van der Waals surface area (Å²) in [6.45, 7) is 24.4. The third kappa shape index (κ3) is 21.6. The summed E-state index contributed by atoms with van der Waals surface area (Å²) in [6.07, 6.45) is 20.4. The normalized spacial score (nSPS) is 19.0. The van der Waals surface area contributed by atoms with Crippen molar-refractivity contribution in [2.75, 3.05) is 0 Å². The van der Waals surface area contributed by atoms with Crippen LogP contribution in [0.3, 0.4) is 0 Å². The fraction of sp³-hybridized carbons (Fsp3) is 0.939. The van der Waals surface area contributed by atoms with Crippen molar-refractivity contribution in [2.24, 2.45) is 5.92 Å². The summed E-state index contributed by atoms with van der Waals surface area (Å²) in [4.78, 5) is 23.8. The Bertz CT molecular complexity index is 861. The number of ether oxygens (including phenoxy) is 1. The van der Waals surface area contributed by atoms with Gasteiger partial charge in [-0.3, -0.25) is 9.59 Å². The molecule has 0 aliphatic carbocycles. The maximum atomic E-state index is 12.1. The van der Waals surface area contributed by atoms with Crippen LogP contribution in [0.4, 0.5) is 0 Å². The van der Waals surface area contributed by atoms with E-state index < -0.39 is 48.3 Å². The third-order valence-corrected chi connectivity index (χ3v) is 26.4. The largest absolute Gasteiger partial charge is 0.437 e. The van der Waals surface area contributed by atoms with Gasteiger partial charge in [-0.15, -0.1) is 0 Å². The molecule has 0 bridgehead atoms. The molecule has 0 aromatic rings. The fourth-order valence-corrected chi connectivity index (χ4v) is 30.6. The van der Waals surface area contributed by atoms with E-state index in [-0.39, 0.29) is 18.3 Å². The van der Waals surface area contributed by atoms with E-state index in [2.05, 4.69) is 72.4 Å². The molecule has 0 N–H and O–H groups in total. The Morgan fingerprint density at radius 3 is 1.40 bits per heavy atom. The van der Waals surface area contributed by atoms with Gasteiger partial charge in [0.1, 0.15) is 0 Å². The van der Waals surface area contributed by atoms with E-state index in [1.54, 1.807) is 0 Å². The molecule has 0 aromatic carbocycles. The molecule has 45 heavy (non-hydrogen) atoms. The van der Waals surface area contributed by atoms with Gasteiger partial charge in [-0.1, -0.05) is 103 Å². The van der Waals surface area contributed by atoms with Crippen LogP contribution in [0.15, 0.2) is 0 Å². The molecule has 3 atom stereocenters. The number of hydrogen-bond acceptors (Lipinski definition) is 7. The topological polar surface area (TPSA) is 80.3 Å². The van der Waals surface area contributed by atoms with Crippen LogP contribution in [0.5, 0.6) is 0 Å². The highest BCUT2D eigenvalue weighted by molar-refractivity contribution is 6.90. The van der Waals surface area contributed by atoms with Crippen LogP contribution in [0.1, 0.15) is 116 Å². The SMILES string of the molecule is CCCCCCCCCCCCCCCC[Si](C)(O[Si](C)(C)C)O[Si](C)(CCCC1CC(=O)OC1=O)O[Si](C)(C)O[Si](C)(C)C. The number of carbonyl (C=O) groups is 2. The minimum absolute atomic E-state index is 0.183. The smallest absolute Gasteiger partial charge is 0.317 e. The number of cyclic esters (lactones) is 2.